The molecule has 1 aliphatic heterocycles. The van der Waals surface area contributed by atoms with Crippen LogP contribution in [0.1, 0.15) is 66.4 Å². The Morgan fingerprint density at radius 1 is 0.919 bits per heavy atom. The number of unbranched alkanes of at least 4 members (excludes halogenated alkanes) is 2. The summed E-state index contributed by atoms with van der Waals surface area (Å²) in [4.78, 5) is 29.2. The van der Waals surface area contributed by atoms with Gasteiger partial charge in [-0.05, 0) is 60.4 Å². The maximum absolute atomic E-state index is 13.8. The van der Waals surface area contributed by atoms with Crippen LogP contribution in [0.15, 0.2) is 75.9 Å². The van der Waals surface area contributed by atoms with Crippen molar-refractivity contribution in [3.63, 3.8) is 0 Å². The minimum atomic E-state index is -0.668. The highest BCUT2D eigenvalue weighted by Gasteiger charge is 2.43. The van der Waals surface area contributed by atoms with Gasteiger partial charge >= 0.3 is 0 Å². The van der Waals surface area contributed by atoms with Gasteiger partial charge in [0.05, 0.1) is 30.7 Å². The van der Waals surface area contributed by atoms with Gasteiger partial charge in [0.2, 0.25) is 5.76 Å². The standard InChI is InChI=1S/C31H31NO5/c1-4-6-9-18-36-25-17-14-21(19-26(25)35-3)28-27-29(33)23-10-7-8-11-24(23)37-30(27)31(34)32(28)22-15-12-20(5-2)13-16-22/h7-8,10-17,19,28H,4-6,9,18H2,1-3H3. The molecular weight excluding hydrogens is 466 g/mol. The molecule has 0 fully saturated rings. The fourth-order valence-electron chi connectivity index (χ4n) is 4.90. The molecule has 3 aromatic carbocycles. The summed E-state index contributed by atoms with van der Waals surface area (Å²) in [6, 6.07) is 19.8. The molecule has 1 unspecified atom stereocenters. The summed E-state index contributed by atoms with van der Waals surface area (Å²) >= 11 is 0. The molecule has 37 heavy (non-hydrogen) atoms. The number of para-hydroxylation sites is 1. The highest BCUT2D eigenvalue weighted by Crippen LogP contribution is 2.43. The molecule has 0 aliphatic carbocycles. The predicted molar refractivity (Wildman–Crippen MR) is 145 cm³/mol. The number of anilines is 1. The zero-order valence-electron chi connectivity index (χ0n) is 21.5. The largest absolute Gasteiger partial charge is 0.493 e. The molecule has 0 saturated heterocycles. The maximum atomic E-state index is 13.8. The zero-order valence-corrected chi connectivity index (χ0v) is 21.5. The second-order valence-electron chi connectivity index (χ2n) is 9.23. The Morgan fingerprint density at radius 3 is 2.43 bits per heavy atom. The highest BCUT2D eigenvalue weighted by molar-refractivity contribution is 6.10. The molecule has 2 heterocycles. The van der Waals surface area contributed by atoms with Crippen LogP contribution in [0.4, 0.5) is 5.69 Å². The first kappa shape index (κ1) is 24.6. The lowest BCUT2D eigenvalue weighted by Crippen LogP contribution is -2.29. The third-order valence-corrected chi connectivity index (χ3v) is 6.91. The Balaban J connectivity index is 1.65. The SMILES string of the molecule is CCCCCOc1ccc(C2c3c(oc4ccccc4c3=O)C(=O)N2c2ccc(CC)cc2)cc1OC. The van der Waals surface area contributed by atoms with Gasteiger partial charge in [0.15, 0.2) is 16.9 Å². The van der Waals surface area contributed by atoms with Crippen molar-refractivity contribution in [1.82, 2.24) is 0 Å². The minimum absolute atomic E-state index is 0.0760. The van der Waals surface area contributed by atoms with Crippen LogP contribution in [0.25, 0.3) is 11.0 Å². The lowest BCUT2D eigenvalue weighted by Gasteiger charge is -2.26. The van der Waals surface area contributed by atoms with Crippen molar-refractivity contribution in [2.24, 2.45) is 0 Å². The lowest BCUT2D eigenvalue weighted by atomic mass is 9.97. The fourth-order valence-corrected chi connectivity index (χ4v) is 4.90. The van der Waals surface area contributed by atoms with E-state index in [9.17, 15) is 9.59 Å². The van der Waals surface area contributed by atoms with Crippen LogP contribution in [0.2, 0.25) is 0 Å². The Hall–Kier alpha value is -4.06. The molecule has 0 radical (unpaired) electrons. The van der Waals surface area contributed by atoms with Crippen LogP contribution in [0, 0.1) is 0 Å². The van der Waals surface area contributed by atoms with E-state index in [0.29, 0.717) is 40.3 Å². The number of fused-ring (bicyclic) bond motifs is 2. The van der Waals surface area contributed by atoms with E-state index < -0.39 is 6.04 Å². The molecule has 1 atom stereocenters. The Kier molecular flexibility index (Phi) is 6.99. The highest BCUT2D eigenvalue weighted by atomic mass is 16.5. The Morgan fingerprint density at radius 2 is 1.70 bits per heavy atom. The summed E-state index contributed by atoms with van der Waals surface area (Å²) in [5.74, 6) is 0.927. The van der Waals surface area contributed by atoms with Crippen LogP contribution in [-0.4, -0.2) is 19.6 Å². The molecule has 1 amide bonds. The average Bonchev–Trinajstić information content (AvgIpc) is 3.23. The van der Waals surface area contributed by atoms with E-state index in [1.54, 1.807) is 36.3 Å². The number of methoxy groups -OCH3 is 1. The summed E-state index contributed by atoms with van der Waals surface area (Å²) in [5, 5.41) is 0.449. The fraction of sp³-hybridized carbons (Fsp3) is 0.290. The van der Waals surface area contributed by atoms with Crippen LogP contribution in [-0.2, 0) is 6.42 Å². The summed E-state index contributed by atoms with van der Waals surface area (Å²) in [6.45, 7) is 4.83. The summed E-state index contributed by atoms with van der Waals surface area (Å²) in [5.41, 5.74) is 3.13. The third kappa shape index (κ3) is 4.48. The smallest absolute Gasteiger partial charge is 0.295 e. The minimum Gasteiger partial charge on any atom is -0.493 e. The second kappa shape index (κ2) is 10.5. The average molecular weight is 498 g/mol. The molecule has 6 nitrogen and oxygen atoms in total. The number of carbonyl (C=O) groups excluding carboxylic acids is 1. The van der Waals surface area contributed by atoms with Crippen LogP contribution >= 0.6 is 0 Å². The van der Waals surface area contributed by atoms with E-state index in [2.05, 4.69) is 13.8 Å². The van der Waals surface area contributed by atoms with Gasteiger partial charge in [-0.15, -0.1) is 0 Å². The predicted octanol–water partition coefficient (Wildman–Crippen LogP) is 6.68. The van der Waals surface area contributed by atoms with Gasteiger partial charge in [0, 0.05) is 5.69 Å². The second-order valence-corrected chi connectivity index (χ2v) is 9.23. The molecule has 4 aromatic rings. The lowest BCUT2D eigenvalue weighted by molar-refractivity contribution is 0.0971. The van der Waals surface area contributed by atoms with E-state index >= 15 is 0 Å². The number of benzene rings is 3. The van der Waals surface area contributed by atoms with Crippen molar-refractivity contribution in [2.45, 2.75) is 45.6 Å². The number of hydrogen-bond donors (Lipinski definition) is 0. The first-order valence-electron chi connectivity index (χ1n) is 12.9. The van der Waals surface area contributed by atoms with E-state index in [0.717, 1.165) is 36.8 Å². The van der Waals surface area contributed by atoms with Gasteiger partial charge in [-0.25, -0.2) is 0 Å². The molecule has 5 rings (SSSR count). The number of carbonyl (C=O) groups is 1. The number of amides is 1. The van der Waals surface area contributed by atoms with Crippen LogP contribution in [0.5, 0.6) is 11.5 Å². The van der Waals surface area contributed by atoms with Crippen molar-refractivity contribution in [3.8, 4) is 11.5 Å². The Bertz CT molecular complexity index is 1490. The first-order chi connectivity index (χ1) is 18.1. The molecular formula is C31H31NO5. The van der Waals surface area contributed by atoms with Crippen molar-refractivity contribution in [3.05, 3.63) is 99.4 Å². The summed E-state index contributed by atoms with van der Waals surface area (Å²) < 4.78 is 17.7. The summed E-state index contributed by atoms with van der Waals surface area (Å²) in [7, 11) is 1.59. The Labute approximate surface area is 216 Å². The zero-order chi connectivity index (χ0) is 25.9. The molecule has 190 valence electrons. The molecule has 0 N–H and O–H groups in total. The molecule has 0 bridgehead atoms. The molecule has 1 aliphatic rings. The molecule has 1 aromatic heterocycles. The van der Waals surface area contributed by atoms with Crippen molar-refractivity contribution in [2.75, 3.05) is 18.6 Å². The van der Waals surface area contributed by atoms with Gasteiger partial charge in [-0.2, -0.15) is 0 Å². The third-order valence-electron chi connectivity index (χ3n) is 6.91. The number of hydrogen-bond acceptors (Lipinski definition) is 5. The monoisotopic (exact) mass is 497 g/mol. The number of ether oxygens (including phenoxy) is 2. The number of nitrogens with zero attached hydrogens (tertiary/aromatic N) is 1. The quantitative estimate of drug-likeness (QED) is 0.241. The molecule has 0 spiro atoms. The van der Waals surface area contributed by atoms with E-state index in [1.807, 2.05) is 42.5 Å². The van der Waals surface area contributed by atoms with E-state index in [4.69, 9.17) is 13.9 Å². The van der Waals surface area contributed by atoms with Gasteiger partial charge < -0.3 is 13.9 Å². The van der Waals surface area contributed by atoms with Gasteiger partial charge in [-0.3, -0.25) is 14.5 Å². The normalized spacial score (nSPS) is 14.7. The number of aryl methyl sites for hydroxylation is 1. The first-order valence-corrected chi connectivity index (χ1v) is 12.9. The maximum Gasteiger partial charge on any atom is 0.295 e. The van der Waals surface area contributed by atoms with Crippen LogP contribution < -0.4 is 19.8 Å². The van der Waals surface area contributed by atoms with Crippen molar-refractivity contribution in [1.29, 1.82) is 0 Å². The van der Waals surface area contributed by atoms with Gasteiger partial charge in [-0.1, -0.05) is 57.0 Å². The van der Waals surface area contributed by atoms with E-state index in [1.165, 1.54) is 0 Å². The van der Waals surface area contributed by atoms with Crippen LogP contribution in [0.3, 0.4) is 0 Å². The molecule has 6 heteroatoms. The molecule has 0 saturated carbocycles. The van der Waals surface area contributed by atoms with E-state index in [-0.39, 0.29) is 17.1 Å². The topological polar surface area (TPSA) is 69.0 Å². The van der Waals surface area contributed by atoms with Gasteiger partial charge in [0.25, 0.3) is 5.91 Å². The van der Waals surface area contributed by atoms with Gasteiger partial charge in [0.1, 0.15) is 5.58 Å². The van der Waals surface area contributed by atoms with Crippen molar-refractivity contribution >= 4 is 22.6 Å². The van der Waals surface area contributed by atoms with Crippen molar-refractivity contribution < 1.29 is 18.7 Å². The number of rotatable bonds is 9. The summed E-state index contributed by atoms with van der Waals surface area (Å²) in [6.07, 6.45) is 4.06.